The van der Waals surface area contributed by atoms with Gasteiger partial charge in [-0.25, -0.2) is 0 Å². The summed E-state index contributed by atoms with van der Waals surface area (Å²) in [6.07, 6.45) is 4.68. The van der Waals surface area contributed by atoms with Crippen LogP contribution in [0, 0.1) is 0 Å². The molecule has 1 aliphatic heterocycles. The molecule has 1 saturated carbocycles. The molecule has 150 valence electrons. The molecule has 0 aromatic heterocycles. The van der Waals surface area contributed by atoms with Crippen molar-refractivity contribution in [2.75, 3.05) is 31.6 Å². The van der Waals surface area contributed by atoms with Gasteiger partial charge in [0.25, 0.3) is 0 Å². The van der Waals surface area contributed by atoms with Crippen molar-refractivity contribution in [2.24, 2.45) is 4.99 Å². The maximum absolute atomic E-state index is 11.7. The van der Waals surface area contributed by atoms with Gasteiger partial charge in [-0.15, -0.1) is 24.0 Å². The summed E-state index contributed by atoms with van der Waals surface area (Å²) in [5.41, 5.74) is 1.16. The molecule has 1 aromatic rings. The monoisotopic (exact) mass is 505 g/mol. The maximum atomic E-state index is 11.7. The van der Waals surface area contributed by atoms with Crippen LogP contribution in [0.3, 0.4) is 0 Å². The van der Waals surface area contributed by atoms with Crippen molar-refractivity contribution in [3.63, 3.8) is 0 Å². The molecule has 8 heteroatoms. The highest BCUT2D eigenvalue weighted by Crippen LogP contribution is 2.23. The maximum Gasteiger partial charge on any atom is 0.220 e. The molecule has 2 fully saturated rings. The van der Waals surface area contributed by atoms with Gasteiger partial charge in [0.1, 0.15) is 0 Å². The van der Waals surface area contributed by atoms with E-state index in [0.717, 1.165) is 62.0 Å². The Morgan fingerprint density at radius 3 is 2.78 bits per heavy atom. The average molecular weight is 506 g/mol. The number of carbonyl (C=O) groups excluding carboxylic acids is 1. The number of guanidine groups is 1. The third kappa shape index (κ3) is 7.37. The van der Waals surface area contributed by atoms with E-state index in [1.54, 1.807) is 7.05 Å². The molecule has 1 atom stereocenters. The van der Waals surface area contributed by atoms with Gasteiger partial charge in [-0.05, 0) is 43.9 Å². The lowest BCUT2D eigenvalue weighted by Crippen LogP contribution is -2.45. The number of benzene rings is 1. The fourth-order valence-corrected chi connectivity index (χ4v) is 3.34. The summed E-state index contributed by atoms with van der Waals surface area (Å²) in [4.78, 5) is 18.3. The number of nitrogens with one attached hydrogen (secondary N) is 3. The quantitative estimate of drug-likeness (QED) is 0.231. The molecule has 1 aliphatic carbocycles. The molecule has 1 amide bonds. The molecular formula is C19H29ClIN5O. The van der Waals surface area contributed by atoms with Gasteiger partial charge in [-0.3, -0.25) is 9.79 Å². The van der Waals surface area contributed by atoms with Gasteiger partial charge < -0.3 is 20.9 Å². The summed E-state index contributed by atoms with van der Waals surface area (Å²) in [5, 5.41) is 10.6. The molecule has 0 radical (unpaired) electrons. The first-order valence-corrected chi connectivity index (χ1v) is 9.79. The number of nitrogens with zero attached hydrogens (tertiary/aromatic N) is 2. The second-order valence-corrected chi connectivity index (χ2v) is 7.44. The first kappa shape index (κ1) is 22.1. The largest absolute Gasteiger partial charge is 0.369 e. The van der Waals surface area contributed by atoms with Crippen molar-refractivity contribution < 1.29 is 4.79 Å². The van der Waals surface area contributed by atoms with Crippen molar-refractivity contribution in [1.29, 1.82) is 0 Å². The summed E-state index contributed by atoms with van der Waals surface area (Å²) in [5.74, 6) is 0.954. The minimum atomic E-state index is 0. The van der Waals surface area contributed by atoms with E-state index in [9.17, 15) is 4.79 Å². The number of hydrogen-bond donors (Lipinski definition) is 3. The highest BCUT2D eigenvalue weighted by atomic mass is 127. The highest BCUT2D eigenvalue weighted by Gasteiger charge is 2.24. The Morgan fingerprint density at radius 2 is 2.07 bits per heavy atom. The first-order chi connectivity index (χ1) is 12.6. The van der Waals surface area contributed by atoms with Crippen LogP contribution in [-0.4, -0.2) is 50.6 Å². The molecule has 1 saturated heterocycles. The topological polar surface area (TPSA) is 68.8 Å². The average Bonchev–Trinajstić information content (AvgIpc) is 3.31. The number of amides is 1. The number of hydrogen-bond acceptors (Lipinski definition) is 3. The lowest BCUT2D eigenvalue weighted by atomic mass is 10.2. The smallest absolute Gasteiger partial charge is 0.220 e. The lowest BCUT2D eigenvalue weighted by Gasteiger charge is -2.20. The summed E-state index contributed by atoms with van der Waals surface area (Å²) < 4.78 is 0. The van der Waals surface area contributed by atoms with Crippen LogP contribution in [-0.2, 0) is 4.79 Å². The molecular weight excluding hydrogens is 477 g/mol. The normalized spacial score (nSPS) is 19.4. The molecule has 0 bridgehead atoms. The molecule has 3 rings (SSSR count). The second-order valence-electron chi connectivity index (χ2n) is 7.00. The second kappa shape index (κ2) is 10.9. The van der Waals surface area contributed by atoms with Crippen LogP contribution in [0.4, 0.5) is 5.69 Å². The number of carbonyl (C=O) groups is 1. The molecule has 0 spiro atoms. The summed E-state index contributed by atoms with van der Waals surface area (Å²) in [6, 6.07) is 8.76. The van der Waals surface area contributed by atoms with Gasteiger partial charge in [-0.1, -0.05) is 17.7 Å². The van der Waals surface area contributed by atoms with Gasteiger partial charge in [0.2, 0.25) is 5.91 Å². The number of aliphatic imine (C=N–C) groups is 1. The third-order valence-corrected chi connectivity index (χ3v) is 4.98. The van der Waals surface area contributed by atoms with Gasteiger partial charge in [0.15, 0.2) is 5.96 Å². The highest BCUT2D eigenvalue weighted by molar-refractivity contribution is 14.0. The standard InChI is InChI=1S/C19H28ClN5O.HI/c1-21-19(22-10-3-6-18(26)23-15-7-8-15)24-16-9-11-25(13-16)17-5-2-4-14(20)12-17;/h2,4-5,12,15-16H,3,6-11,13H2,1H3,(H,23,26)(H2,21,22,24);1H. The molecule has 2 aliphatic rings. The van der Waals surface area contributed by atoms with E-state index < -0.39 is 0 Å². The van der Waals surface area contributed by atoms with Crippen molar-refractivity contribution in [2.45, 2.75) is 44.2 Å². The van der Waals surface area contributed by atoms with Crippen LogP contribution >= 0.6 is 35.6 Å². The van der Waals surface area contributed by atoms with E-state index in [0.29, 0.717) is 18.5 Å². The fraction of sp³-hybridized carbons (Fsp3) is 0.579. The molecule has 27 heavy (non-hydrogen) atoms. The number of anilines is 1. The van der Waals surface area contributed by atoms with Crippen LogP contribution in [0.25, 0.3) is 0 Å². The van der Waals surface area contributed by atoms with Crippen LogP contribution in [0.2, 0.25) is 5.02 Å². The van der Waals surface area contributed by atoms with Gasteiger partial charge in [-0.2, -0.15) is 0 Å². The van der Waals surface area contributed by atoms with Crippen molar-refractivity contribution in [3.05, 3.63) is 29.3 Å². The third-order valence-electron chi connectivity index (χ3n) is 4.74. The van der Waals surface area contributed by atoms with E-state index in [1.165, 1.54) is 0 Å². The van der Waals surface area contributed by atoms with Crippen molar-refractivity contribution >= 4 is 53.1 Å². The predicted molar refractivity (Wildman–Crippen MR) is 122 cm³/mol. The lowest BCUT2D eigenvalue weighted by molar-refractivity contribution is -0.121. The zero-order valence-electron chi connectivity index (χ0n) is 15.7. The SMILES string of the molecule is CN=C(NCCCC(=O)NC1CC1)NC1CCN(c2cccc(Cl)c2)C1.I. The Hall–Kier alpha value is -1.22. The van der Waals surface area contributed by atoms with Crippen molar-refractivity contribution in [1.82, 2.24) is 16.0 Å². The Labute approximate surface area is 183 Å². The Kier molecular flexibility index (Phi) is 8.95. The zero-order chi connectivity index (χ0) is 18.4. The predicted octanol–water partition coefficient (Wildman–Crippen LogP) is 2.76. The van der Waals surface area contributed by atoms with E-state index in [4.69, 9.17) is 11.6 Å². The molecule has 6 nitrogen and oxygen atoms in total. The van der Waals surface area contributed by atoms with Crippen LogP contribution < -0.4 is 20.9 Å². The first-order valence-electron chi connectivity index (χ1n) is 9.41. The minimum Gasteiger partial charge on any atom is -0.369 e. The summed E-state index contributed by atoms with van der Waals surface area (Å²) >= 11 is 6.09. The molecule has 3 N–H and O–H groups in total. The van der Waals surface area contributed by atoms with Gasteiger partial charge in [0.05, 0.1) is 0 Å². The molecule has 1 aromatic carbocycles. The van der Waals surface area contributed by atoms with E-state index in [-0.39, 0.29) is 29.9 Å². The number of halogens is 2. The Morgan fingerprint density at radius 1 is 1.26 bits per heavy atom. The summed E-state index contributed by atoms with van der Waals surface area (Å²) in [6.45, 7) is 2.66. The van der Waals surface area contributed by atoms with E-state index >= 15 is 0 Å². The van der Waals surface area contributed by atoms with Gasteiger partial charge >= 0.3 is 0 Å². The number of rotatable bonds is 7. The van der Waals surface area contributed by atoms with Crippen LogP contribution in [0.1, 0.15) is 32.1 Å². The van der Waals surface area contributed by atoms with Crippen LogP contribution in [0.15, 0.2) is 29.3 Å². The van der Waals surface area contributed by atoms with E-state index in [1.807, 2.05) is 18.2 Å². The molecule has 1 unspecified atom stereocenters. The van der Waals surface area contributed by atoms with Crippen LogP contribution in [0.5, 0.6) is 0 Å². The summed E-state index contributed by atoms with van der Waals surface area (Å²) in [7, 11) is 1.78. The fourth-order valence-electron chi connectivity index (χ4n) is 3.16. The van der Waals surface area contributed by atoms with Gasteiger partial charge in [0, 0.05) is 55.9 Å². The Balaban J connectivity index is 0.00000261. The zero-order valence-corrected chi connectivity index (χ0v) is 18.8. The molecule has 1 heterocycles. The van der Waals surface area contributed by atoms with E-state index in [2.05, 4.69) is 31.9 Å². The Bertz CT molecular complexity index is 653. The minimum absolute atomic E-state index is 0. The van der Waals surface area contributed by atoms with Crippen molar-refractivity contribution in [3.8, 4) is 0 Å².